The summed E-state index contributed by atoms with van der Waals surface area (Å²) in [4.78, 5) is 0.126. The monoisotopic (exact) mass is 322 g/mol. The molecule has 0 atom stereocenters. The van der Waals surface area contributed by atoms with Gasteiger partial charge in [0.1, 0.15) is 4.90 Å². The number of benzene rings is 1. The van der Waals surface area contributed by atoms with Gasteiger partial charge in [0.05, 0.1) is 5.02 Å². The molecule has 1 aromatic rings. The van der Waals surface area contributed by atoms with Crippen molar-refractivity contribution in [2.75, 3.05) is 19.6 Å². The van der Waals surface area contributed by atoms with E-state index in [1.165, 1.54) is 6.07 Å². The Kier molecular flexibility index (Phi) is 6.29. The molecule has 0 aromatic heterocycles. The third kappa shape index (κ3) is 4.47. The normalized spacial score (nSPS) is 15.5. The Bertz CT molecular complexity index is 559. The summed E-state index contributed by atoms with van der Waals surface area (Å²) in [6.45, 7) is 2.03. The van der Waals surface area contributed by atoms with Crippen LogP contribution in [-0.4, -0.2) is 28.1 Å². The van der Waals surface area contributed by atoms with E-state index in [9.17, 15) is 8.42 Å². The molecule has 0 spiro atoms. The molecule has 1 aromatic carbocycles. The van der Waals surface area contributed by atoms with E-state index in [1.807, 2.05) is 6.08 Å². The summed E-state index contributed by atoms with van der Waals surface area (Å²) in [6.07, 6.45) is 2.88. The van der Waals surface area contributed by atoms with Gasteiger partial charge >= 0.3 is 0 Å². The smallest absolute Gasteiger partial charge is 0.242 e. The molecule has 2 rings (SSSR count). The van der Waals surface area contributed by atoms with Crippen molar-refractivity contribution in [2.45, 2.75) is 11.3 Å². The van der Waals surface area contributed by atoms with E-state index in [0.717, 1.165) is 25.1 Å². The minimum Gasteiger partial charge on any atom is -0.313 e. The Morgan fingerprint density at radius 2 is 2.05 bits per heavy atom. The first-order valence-corrected chi connectivity index (χ1v) is 7.58. The van der Waals surface area contributed by atoms with E-state index >= 15 is 0 Å². The van der Waals surface area contributed by atoms with Gasteiger partial charge in [-0.15, -0.1) is 12.4 Å². The van der Waals surface area contributed by atoms with Crippen LogP contribution in [0.15, 0.2) is 40.8 Å². The number of rotatable bonds is 4. The minimum absolute atomic E-state index is 0. The fourth-order valence-corrected chi connectivity index (χ4v) is 3.31. The van der Waals surface area contributed by atoms with Crippen LogP contribution in [0.3, 0.4) is 0 Å². The fourth-order valence-electron chi connectivity index (χ4n) is 1.76. The molecule has 19 heavy (non-hydrogen) atoms. The Hall–Kier alpha value is -0.590. The maximum absolute atomic E-state index is 12.1. The molecule has 7 heteroatoms. The van der Waals surface area contributed by atoms with Gasteiger partial charge in [0.25, 0.3) is 0 Å². The molecule has 0 saturated heterocycles. The second-order valence-corrected chi connectivity index (χ2v) is 6.21. The molecular formula is C12H16Cl2N2O2S. The van der Waals surface area contributed by atoms with Crippen molar-refractivity contribution in [2.24, 2.45) is 0 Å². The van der Waals surface area contributed by atoms with Crippen molar-refractivity contribution in [1.82, 2.24) is 10.0 Å². The Balaban J connectivity index is 0.00000180. The van der Waals surface area contributed by atoms with Gasteiger partial charge in [-0.1, -0.05) is 35.4 Å². The van der Waals surface area contributed by atoms with E-state index in [2.05, 4.69) is 10.0 Å². The molecule has 0 bridgehead atoms. The van der Waals surface area contributed by atoms with Crippen LogP contribution in [-0.2, 0) is 10.0 Å². The Labute approximate surface area is 124 Å². The SMILES string of the molecule is Cl.O=S(=O)(NCC1=CCNCC1)c1ccccc1Cl. The zero-order valence-corrected chi connectivity index (χ0v) is 12.6. The molecule has 4 nitrogen and oxygen atoms in total. The zero-order valence-electron chi connectivity index (χ0n) is 10.2. The van der Waals surface area contributed by atoms with E-state index < -0.39 is 10.0 Å². The number of halogens is 2. The average Bonchev–Trinajstić information content (AvgIpc) is 2.38. The van der Waals surface area contributed by atoms with E-state index in [1.54, 1.807) is 18.2 Å². The molecule has 0 aliphatic carbocycles. The number of hydrogen-bond donors (Lipinski definition) is 2. The van der Waals surface area contributed by atoms with Gasteiger partial charge in [-0.05, 0) is 25.1 Å². The summed E-state index contributed by atoms with van der Waals surface area (Å²) in [5, 5.41) is 3.42. The molecular weight excluding hydrogens is 307 g/mol. The summed E-state index contributed by atoms with van der Waals surface area (Å²) in [7, 11) is -3.53. The molecule has 1 aliphatic rings. The fraction of sp³-hybridized carbons (Fsp3) is 0.333. The first kappa shape index (κ1) is 16.5. The quantitative estimate of drug-likeness (QED) is 0.833. The second-order valence-electron chi connectivity index (χ2n) is 4.07. The van der Waals surface area contributed by atoms with Crippen LogP contribution in [0.2, 0.25) is 5.02 Å². The topological polar surface area (TPSA) is 58.2 Å². The number of sulfonamides is 1. The van der Waals surface area contributed by atoms with Crippen molar-refractivity contribution >= 4 is 34.0 Å². The van der Waals surface area contributed by atoms with Crippen molar-refractivity contribution in [3.63, 3.8) is 0 Å². The van der Waals surface area contributed by atoms with Gasteiger partial charge in [0.2, 0.25) is 10.0 Å². The zero-order chi connectivity index (χ0) is 13.0. The highest BCUT2D eigenvalue weighted by Crippen LogP contribution is 2.20. The van der Waals surface area contributed by atoms with Crippen LogP contribution in [0.25, 0.3) is 0 Å². The Morgan fingerprint density at radius 1 is 1.32 bits per heavy atom. The summed E-state index contributed by atoms with van der Waals surface area (Å²) in [5.74, 6) is 0. The molecule has 0 amide bonds. The van der Waals surface area contributed by atoms with Crippen molar-refractivity contribution in [3.05, 3.63) is 40.9 Å². The van der Waals surface area contributed by atoms with Crippen LogP contribution in [0.4, 0.5) is 0 Å². The number of nitrogens with one attached hydrogen (secondary N) is 2. The predicted molar refractivity (Wildman–Crippen MR) is 79.5 cm³/mol. The van der Waals surface area contributed by atoms with Crippen LogP contribution in [0.1, 0.15) is 6.42 Å². The van der Waals surface area contributed by atoms with Crippen LogP contribution < -0.4 is 10.0 Å². The molecule has 106 valence electrons. The third-order valence-corrected chi connectivity index (χ3v) is 4.67. The first-order chi connectivity index (χ1) is 8.59. The highest BCUT2D eigenvalue weighted by atomic mass is 35.5. The van der Waals surface area contributed by atoms with Gasteiger partial charge in [-0.25, -0.2) is 13.1 Å². The molecule has 2 N–H and O–H groups in total. The van der Waals surface area contributed by atoms with Gasteiger partial charge in [-0.3, -0.25) is 0 Å². The molecule has 0 unspecified atom stereocenters. The van der Waals surface area contributed by atoms with Gasteiger partial charge < -0.3 is 5.32 Å². The molecule has 0 saturated carbocycles. The lowest BCUT2D eigenvalue weighted by molar-refractivity contribution is 0.582. The van der Waals surface area contributed by atoms with Crippen molar-refractivity contribution in [1.29, 1.82) is 0 Å². The van der Waals surface area contributed by atoms with Crippen LogP contribution >= 0.6 is 24.0 Å². The molecule has 0 radical (unpaired) electrons. The standard InChI is InChI=1S/C12H15ClN2O2S.ClH/c13-11-3-1-2-4-12(11)18(16,17)15-9-10-5-7-14-8-6-10;/h1-5,14-15H,6-9H2;1H. The van der Waals surface area contributed by atoms with Crippen LogP contribution in [0, 0.1) is 0 Å². The van der Waals surface area contributed by atoms with Crippen molar-refractivity contribution < 1.29 is 8.42 Å². The first-order valence-electron chi connectivity index (χ1n) is 5.72. The summed E-state index contributed by atoms with van der Waals surface area (Å²) < 4.78 is 26.7. The van der Waals surface area contributed by atoms with Gasteiger partial charge in [-0.2, -0.15) is 0 Å². The molecule has 1 aliphatic heterocycles. The summed E-state index contributed by atoms with van der Waals surface area (Å²) in [6, 6.07) is 6.43. The highest BCUT2D eigenvalue weighted by Gasteiger charge is 2.17. The number of hydrogen-bond acceptors (Lipinski definition) is 3. The maximum atomic E-state index is 12.1. The largest absolute Gasteiger partial charge is 0.313 e. The summed E-state index contributed by atoms with van der Waals surface area (Å²) in [5.41, 5.74) is 1.10. The molecule has 0 fully saturated rings. The average molecular weight is 323 g/mol. The van der Waals surface area contributed by atoms with E-state index in [0.29, 0.717) is 6.54 Å². The molecule has 1 heterocycles. The lowest BCUT2D eigenvalue weighted by Gasteiger charge is -2.15. The third-order valence-electron chi connectivity index (χ3n) is 2.77. The maximum Gasteiger partial charge on any atom is 0.242 e. The van der Waals surface area contributed by atoms with E-state index in [4.69, 9.17) is 11.6 Å². The Morgan fingerprint density at radius 3 is 2.68 bits per heavy atom. The lowest BCUT2D eigenvalue weighted by atomic mass is 10.1. The van der Waals surface area contributed by atoms with E-state index in [-0.39, 0.29) is 22.3 Å². The second kappa shape index (κ2) is 7.26. The van der Waals surface area contributed by atoms with Gasteiger partial charge in [0.15, 0.2) is 0 Å². The van der Waals surface area contributed by atoms with Crippen molar-refractivity contribution in [3.8, 4) is 0 Å². The minimum atomic E-state index is -3.53. The summed E-state index contributed by atoms with van der Waals surface area (Å²) >= 11 is 5.89. The van der Waals surface area contributed by atoms with Gasteiger partial charge in [0, 0.05) is 13.1 Å². The lowest BCUT2D eigenvalue weighted by Crippen LogP contribution is -2.29. The highest BCUT2D eigenvalue weighted by molar-refractivity contribution is 7.89. The van der Waals surface area contributed by atoms with Crippen LogP contribution in [0.5, 0.6) is 0 Å². The predicted octanol–water partition coefficient (Wildman–Crippen LogP) is 1.96.